The minimum absolute atomic E-state index is 0.123. The molecule has 0 saturated heterocycles. The SMILES string of the molecule is CC/C=C\C/C=C\C/C=C\C/C=C\C/C=C\CCCCCC(=O)O[C@H](COC(=O)CC/C=C\C/C=C\C/C=C\C/C=C\C/C=C\CCCCC)COC(=O)CCCCCCC/C=C\CCCCCCCC. The summed E-state index contributed by atoms with van der Waals surface area (Å²) in [6.07, 6.45) is 81.6. The van der Waals surface area contributed by atoms with Gasteiger partial charge in [-0.05, 0) is 128 Å². The van der Waals surface area contributed by atoms with Gasteiger partial charge in [0.05, 0.1) is 0 Å². The average Bonchev–Trinajstić information content (AvgIpc) is 3.37. The predicted octanol–water partition coefficient (Wildman–Crippen LogP) is 19.4. The molecule has 0 aromatic heterocycles. The minimum Gasteiger partial charge on any atom is -0.462 e. The molecule has 0 N–H and O–H groups in total. The molecule has 0 spiro atoms. The van der Waals surface area contributed by atoms with Gasteiger partial charge >= 0.3 is 17.9 Å². The number of carbonyl (C=O) groups excluding carboxylic acids is 3. The van der Waals surface area contributed by atoms with E-state index in [1.54, 1.807) is 0 Å². The van der Waals surface area contributed by atoms with Crippen LogP contribution in [-0.4, -0.2) is 37.2 Å². The molecular formula is C65H104O6. The van der Waals surface area contributed by atoms with Crippen molar-refractivity contribution in [3.63, 3.8) is 0 Å². The predicted molar refractivity (Wildman–Crippen MR) is 306 cm³/mol. The second-order valence-corrected chi connectivity index (χ2v) is 18.5. The van der Waals surface area contributed by atoms with Crippen molar-refractivity contribution in [2.45, 2.75) is 245 Å². The van der Waals surface area contributed by atoms with Crippen LogP contribution in [0.4, 0.5) is 0 Å². The van der Waals surface area contributed by atoms with Crippen LogP contribution in [0, 0.1) is 0 Å². The maximum atomic E-state index is 12.9. The lowest BCUT2D eigenvalue weighted by atomic mass is 10.1. The van der Waals surface area contributed by atoms with E-state index in [1.807, 2.05) is 6.08 Å². The van der Waals surface area contributed by atoms with Crippen molar-refractivity contribution in [1.29, 1.82) is 0 Å². The Morgan fingerprint density at radius 3 is 1.00 bits per heavy atom. The fourth-order valence-corrected chi connectivity index (χ4v) is 7.33. The highest BCUT2D eigenvalue weighted by atomic mass is 16.6. The zero-order valence-corrected chi connectivity index (χ0v) is 45.7. The monoisotopic (exact) mass is 981 g/mol. The summed E-state index contributed by atoms with van der Waals surface area (Å²) in [6.45, 7) is 6.38. The number of hydrogen-bond donors (Lipinski definition) is 0. The molecule has 400 valence electrons. The normalized spacial score (nSPS) is 13.1. The number of carbonyl (C=O) groups is 3. The standard InChI is InChI=1S/C65H104O6/c1-4-7-10-13-16-19-22-25-28-30-32-34-37-40-43-46-49-52-55-58-64(67)70-61-62(60-69-63(66)57-54-51-48-45-42-39-36-27-24-21-18-15-12-9-6-3)71-65(68)59-56-53-50-47-44-41-38-35-33-31-29-26-23-20-17-14-11-8-5-2/h8,11,16-17,19-20,25-29,32-36,40-41,43-44,49,52,62H,4-7,9-10,12-15,18,21-24,30-31,37-39,42,45-48,50-51,53-61H2,1-3H3/b11-8-,19-16-,20-17-,28-25-,29-26-,34-32-,35-33-,36-27-,43-40-,44-41-,52-49-/t62-/m0/s1. The zero-order chi connectivity index (χ0) is 51.4. The second kappa shape index (κ2) is 58.1. The molecule has 0 rings (SSSR count). The largest absolute Gasteiger partial charge is 0.462 e. The Morgan fingerprint density at radius 2 is 0.577 bits per heavy atom. The highest BCUT2D eigenvalue weighted by Crippen LogP contribution is 2.12. The van der Waals surface area contributed by atoms with Gasteiger partial charge in [0.25, 0.3) is 0 Å². The topological polar surface area (TPSA) is 78.9 Å². The fraction of sp³-hybridized carbons (Fsp3) is 0.615. The van der Waals surface area contributed by atoms with Crippen LogP contribution in [-0.2, 0) is 28.6 Å². The number of ether oxygens (including phenoxy) is 3. The summed E-state index contributed by atoms with van der Waals surface area (Å²) in [5.74, 6) is -1.05. The highest BCUT2D eigenvalue weighted by Gasteiger charge is 2.19. The average molecular weight is 982 g/mol. The first-order valence-electron chi connectivity index (χ1n) is 28.7. The molecular weight excluding hydrogens is 877 g/mol. The molecule has 0 aliphatic rings. The number of esters is 3. The van der Waals surface area contributed by atoms with Gasteiger partial charge in [0.1, 0.15) is 13.2 Å². The van der Waals surface area contributed by atoms with Gasteiger partial charge in [-0.2, -0.15) is 0 Å². The van der Waals surface area contributed by atoms with Crippen LogP contribution >= 0.6 is 0 Å². The fourth-order valence-electron chi connectivity index (χ4n) is 7.33. The smallest absolute Gasteiger partial charge is 0.306 e. The van der Waals surface area contributed by atoms with Crippen LogP contribution in [0.25, 0.3) is 0 Å². The molecule has 0 bridgehead atoms. The summed E-state index contributed by atoms with van der Waals surface area (Å²) < 4.78 is 16.8. The molecule has 0 aromatic carbocycles. The third-order valence-corrected chi connectivity index (χ3v) is 11.6. The van der Waals surface area contributed by atoms with Crippen LogP contribution in [0.15, 0.2) is 134 Å². The Hall–Kier alpha value is -4.45. The van der Waals surface area contributed by atoms with Crippen molar-refractivity contribution in [3.8, 4) is 0 Å². The Bertz CT molecular complexity index is 1550. The first kappa shape index (κ1) is 66.6. The van der Waals surface area contributed by atoms with Crippen molar-refractivity contribution >= 4 is 17.9 Å². The molecule has 71 heavy (non-hydrogen) atoms. The molecule has 0 fully saturated rings. The van der Waals surface area contributed by atoms with Crippen molar-refractivity contribution < 1.29 is 28.6 Å². The summed E-state index contributed by atoms with van der Waals surface area (Å²) in [5, 5.41) is 0. The van der Waals surface area contributed by atoms with Gasteiger partial charge in [0.15, 0.2) is 6.10 Å². The molecule has 0 aliphatic heterocycles. The quantitative estimate of drug-likeness (QED) is 0.0262. The maximum absolute atomic E-state index is 12.9. The van der Waals surface area contributed by atoms with Gasteiger partial charge in [0, 0.05) is 19.3 Å². The van der Waals surface area contributed by atoms with E-state index in [2.05, 4.69) is 148 Å². The highest BCUT2D eigenvalue weighted by molar-refractivity contribution is 5.71. The molecule has 0 saturated carbocycles. The first-order chi connectivity index (χ1) is 35.0. The van der Waals surface area contributed by atoms with E-state index in [1.165, 1.54) is 77.0 Å². The van der Waals surface area contributed by atoms with E-state index in [0.29, 0.717) is 19.3 Å². The molecule has 0 aromatic rings. The second-order valence-electron chi connectivity index (χ2n) is 18.5. The summed E-state index contributed by atoms with van der Waals surface area (Å²) in [5.41, 5.74) is 0. The van der Waals surface area contributed by atoms with Crippen molar-refractivity contribution in [2.24, 2.45) is 0 Å². The maximum Gasteiger partial charge on any atom is 0.306 e. The molecule has 6 heteroatoms. The first-order valence-corrected chi connectivity index (χ1v) is 28.7. The molecule has 0 aliphatic carbocycles. The Balaban J connectivity index is 4.60. The third kappa shape index (κ3) is 56.3. The van der Waals surface area contributed by atoms with E-state index in [-0.39, 0.29) is 44.0 Å². The van der Waals surface area contributed by atoms with Crippen molar-refractivity contribution in [1.82, 2.24) is 0 Å². The summed E-state index contributed by atoms with van der Waals surface area (Å²) >= 11 is 0. The van der Waals surface area contributed by atoms with E-state index in [9.17, 15) is 14.4 Å². The van der Waals surface area contributed by atoms with Gasteiger partial charge in [-0.3, -0.25) is 14.4 Å². The van der Waals surface area contributed by atoms with Crippen LogP contribution in [0.1, 0.15) is 239 Å². The van der Waals surface area contributed by atoms with Gasteiger partial charge in [-0.1, -0.05) is 225 Å². The van der Waals surface area contributed by atoms with Gasteiger partial charge in [-0.25, -0.2) is 0 Å². The van der Waals surface area contributed by atoms with Crippen LogP contribution < -0.4 is 0 Å². The Morgan fingerprint density at radius 1 is 0.296 bits per heavy atom. The number of hydrogen-bond acceptors (Lipinski definition) is 6. The lowest BCUT2D eigenvalue weighted by Gasteiger charge is -2.18. The van der Waals surface area contributed by atoms with E-state index in [4.69, 9.17) is 14.2 Å². The van der Waals surface area contributed by atoms with Gasteiger partial charge in [-0.15, -0.1) is 0 Å². The van der Waals surface area contributed by atoms with Crippen molar-refractivity contribution in [2.75, 3.05) is 13.2 Å². The minimum atomic E-state index is -0.834. The van der Waals surface area contributed by atoms with Crippen molar-refractivity contribution in [3.05, 3.63) is 134 Å². The lowest BCUT2D eigenvalue weighted by Crippen LogP contribution is -2.30. The Kier molecular flexibility index (Phi) is 54.5. The summed E-state index contributed by atoms with van der Waals surface area (Å²) in [4.78, 5) is 38.1. The molecule has 0 radical (unpaired) electrons. The molecule has 1 atom stereocenters. The van der Waals surface area contributed by atoms with Crippen LogP contribution in [0.5, 0.6) is 0 Å². The number of unbranched alkanes of at least 4 members (excludes halogenated alkanes) is 17. The zero-order valence-electron chi connectivity index (χ0n) is 45.7. The molecule has 0 heterocycles. The van der Waals surface area contributed by atoms with E-state index >= 15 is 0 Å². The van der Waals surface area contributed by atoms with E-state index < -0.39 is 6.10 Å². The van der Waals surface area contributed by atoms with Crippen LogP contribution in [0.2, 0.25) is 0 Å². The Labute approximate surface area is 436 Å². The van der Waals surface area contributed by atoms with E-state index in [0.717, 1.165) is 109 Å². The summed E-state index contributed by atoms with van der Waals surface area (Å²) in [6, 6.07) is 0. The lowest BCUT2D eigenvalue weighted by molar-refractivity contribution is -0.166. The molecule has 0 unspecified atom stereocenters. The summed E-state index contributed by atoms with van der Waals surface area (Å²) in [7, 11) is 0. The number of allylic oxidation sites excluding steroid dienone is 22. The molecule has 6 nitrogen and oxygen atoms in total. The van der Waals surface area contributed by atoms with Gasteiger partial charge < -0.3 is 14.2 Å². The molecule has 0 amide bonds. The van der Waals surface area contributed by atoms with Crippen LogP contribution in [0.3, 0.4) is 0 Å². The van der Waals surface area contributed by atoms with Gasteiger partial charge in [0.2, 0.25) is 0 Å². The number of rotatable bonds is 50. The third-order valence-electron chi connectivity index (χ3n) is 11.6.